The monoisotopic (exact) mass is 477 g/mol. The van der Waals surface area contributed by atoms with E-state index in [-0.39, 0.29) is 24.0 Å². The minimum Gasteiger partial charge on any atom is -0.349 e. The molecule has 1 aliphatic carbocycles. The summed E-state index contributed by atoms with van der Waals surface area (Å²) in [5, 5.41) is 9.80. The van der Waals surface area contributed by atoms with Gasteiger partial charge in [0.15, 0.2) is 0 Å². The summed E-state index contributed by atoms with van der Waals surface area (Å²) < 4.78 is 52.7. The normalized spacial score (nSPS) is 22.5. The van der Waals surface area contributed by atoms with Crippen LogP contribution in [0.5, 0.6) is 0 Å². The highest BCUT2D eigenvalue weighted by atomic mass is 19.4. The third-order valence-electron chi connectivity index (χ3n) is 7.03. The summed E-state index contributed by atoms with van der Waals surface area (Å²) in [6.07, 6.45) is -0.113. The van der Waals surface area contributed by atoms with E-state index in [2.05, 4.69) is 16.0 Å². The smallest absolute Gasteiger partial charge is 0.349 e. The number of carbonyl (C=O) groups excluding carboxylic acids is 1. The summed E-state index contributed by atoms with van der Waals surface area (Å²) >= 11 is 0. The van der Waals surface area contributed by atoms with Gasteiger partial charge < -0.3 is 16.0 Å². The van der Waals surface area contributed by atoms with Crippen molar-refractivity contribution in [1.82, 2.24) is 16.0 Å². The molecule has 8 heteroatoms. The number of benzene rings is 2. The van der Waals surface area contributed by atoms with Crippen LogP contribution in [0.4, 0.5) is 17.6 Å². The van der Waals surface area contributed by atoms with Gasteiger partial charge in [0, 0.05) is 23.7 Å². The van der Waals surface area contributed by atoms with Crippen molar-refractivity contribution in [1.29, 1.82) is 0 Å². The molecule has 3 N–H and O–H groups in total. The summed E-state index contributed by atoms with van der Waals surface area (Å²) in [7, 11) is 0. The number of halogens is 4. The molecule has 4 nitrogen and oxygen atoms in total. The highest BCUT2D eigenvalue weighted by Crippen LogP contribution is 2.37. The second kappa shape index (κ2) is 10.4. The molecule has 1 heterocycles. The second-order valence-corrected chi connectivity index (χ2v) is 9.45. The van der Waals surface area contributed by atoms with E-state index in [4.69, 9.17) is 0 Å². The van der Waals surface area contributed by atoms with Crippen molar-refractivity contribution in [2.75, 3.05) is 13.1 Å². The van der Waals surface area contributed by atoms with E-state index in [0.29, 0.717) is 17.0 Å². The molecule has 0 radical (unpaired) electrons. The minimum atomic E-state index is -4.71. The van der Waals surface area contributed by atoms with Gasteiger partial charge in [-0.05, 0) is 93.4 Å². The van der Waals surface area contributed by atoms with Gasteiger partial charge in [-0.2, -0.15) is 13.2 Å². The number of carbonyl (C=O) groups is 1. The van der Waals surface area contributed by atoms with E-state index in [1.165, 1.54) is 6.07 Å². The fourth-order valence-electron chi connectivity index (χ4n) is 5.06. The lowest BCUT2D eigenvalue weighted by Gasteiger charge is -2.23. The van der Waals surface area contributed by atoms with E-state index in [0.717, 1.165) is 62.9 Å². The van der Waals surface area contributed by atoms with Crippen molar-refractivity contribution in [3.05, 3.63) is 70.5 Å². The van der Waals surface area contributed by atoms with Crippen molar-refractivity contribution in [3.8, 4) is 0 Å². The Balaban J connectivity index is 1.32. The van der Waals surface area contributed by atoms with Crippen molar-refractivity contribution in [2.24, 2.45) is 0 Å². The largest absolute Gasteiger partial charge is 0.419 e. The van der Waals surface area contributed by atoms with Crippen LogP contribution < -0.4 is 16.0 Å². The van der Waals surface area contributed by atoms with Crippen LogP contribution >= 0.6 is 0 Å². The Morgan fingerprint density at radius 2 is 1.71 bits per heavy atom. The van der Waals surface area contributed by atoms with Crippen LogP contribution in [-0.2, 0) is 6.18 Å². The molecule has 0 bridgehead atoms. The Labute approximate surface area is 197 Å². The van der Waals surface area contributed by atoms with Crippen molar-refractivity contribution >= 4 is 5.91 Å². The molecule has 1 amide bonds. The van der Waals surface area contributed by atoms with Crippen LogP contribution in [0.15, 0.2) is 42.5 Å². The number of rotatable bonds is 6. The fraction of sp³-hybridized carbons (Fsp3) is 0.500. The summed E-state index contributed by atoms with van der Waals surface area (Å²) in [5.74, 6) is -0.974. The van der Waals surface area contributed by atoms with Gasteiger partial charge in [0.05, 0.1) is 5.56 Å². The first-order valence-corrected chi connectivity index (χ1v) is 11.9. The number of nitrogens with one attached hydrogen (secondary N) is 3. The molecule has 1 unspecified atom stereocenters. The Morgan fingerprint density at radius 1 is 1.00 bits per heavy atom. The summed E-state index contributed by atoms with van der Waals surface area (Å²) in [6.45, 7) is 3.64. The maximum atomic E-state index is 13.6. The number of hydrogen-bond acceptors (Lipinski definition) is 3. The molecule has 0 aromatic heterocycles. The Hall–Kier alpha value is -2.45. The van der Waals surface area contributed by atoms with Gasteiger partial charge in [0.2, 0.25) is 0 Å². The first-order chi connectivity index (χ1) is 16.2. The second-order valence-electron chi connectivity index (χ2n) is 9.45. The third kappa shape index (κ3) is 5.96. The molecule has 184 valence electrons. The molecule has 2 aromatic carbocycles. The van der Waals surface area contributed by atoms with Gasteiger partial charge in [-0.15, -0.1) is 0 Å². The highest BCUT2D eigenvalue weighted by molar-refractivity contribution is 5.94. The van der Waals surface area contributed by atoms with Crippen LogP contribution in [0.3, 0.4) is 0 Å². The number of alkyl halides is 3. The molecule has 2 fully saturated rings. The van der Waals surface area contributed by atoms with E-state index in [9.17, 15) is 22.4 Å². The van der Waals surface area contributed by atoms with Gasteiger partial charge in [0.1, 0.15) is 5.82 Å². The maximum Gasteiger partial charge on any atom is 0.419 e. The topological polar surface area (TPSA) is 53.2 Å². The summed E-state index contributed by atoms with van der Waals surface area (Å²) in [5.41, 5.74) is 1.00. The maximum absolute atomic E-state index is 13.6. The average Bonchev–Trinajstić information content (AvgIpc) is 3.27. The molecule has 34 heavy (non-hydrogen) atoms. The number of amides is 1. The molecule has 3 atom stereocenters. The number of piperidine rings is 1. The Bertz CT molecular complexity index is 987. The lowest BCUT2D eigenvalue weighted by molar-refractivity contribution is -0.140. The molecule has 0 spiro atoms. The minimum absolute atomic E-state index is 0.0456. The van der Waals surface area contributed by atoms with Crippen molar-refractivity contribution in [2.45, 2.75) is 69.2 Å². The van der Waals surface area contributed by atoms with E-state index < -0.39 is 17.6 Å². The van der Waals surface area contributed by atoms with E-state index in [1.807, 2.05) is 24.3 Å². The molecule has 4 rings (SSSR count). The molecule has 2 aliphatic rings. The zero-order chi connectivity index (χ0) is 24.3. The van der Waals surface area contributed by atoms with Crippen LogP contribution in [0.25, 0.3) is 0 Å². The van der Waals surface area contributed by atoms with Gasteiger partial charge >= 0.3 is 6.18 Å². The van der Waals surface area contributed by atoms with Crippen LogP contribution in [0.2, 0.25) is 0 Å². The predicted molar refractivity (Wildman–Crippen MR) is 123 cm³/mol. The molecule has 1 saturated heterocycles. The quantitative estimate of drug-likeness (QED) is 0.494. The fourth-order valence-corrected chi connectivity index (χ4v) is 5.06. The van der Waals surface area contributed by atoms with Gasteiger partial charge in [0.25, 0.3) is 5.91 Å². The molecular weight excluding hydrogens is 446 g/mol. The zero-order valence-corrected chi connectivity index (χ0v) is 19.2. The van der Waals surface area contributed by atoms with Crippen molar-refractivity contribution < 1.29 is 22.4 Å². The summed E-state index contributed by atoms with van der Waals surface area (Å²) in [6, 6.07) is 11.0. The zero-order valence-electron chi connectivity index (χ0n) is 19.2. The standard InChI is InChI=1S/C26H31F4N3O/c1-16(19-7-9-24(27)23(15-19)26(28,29)30)32-22-8-6-20(14-22)17-2-4-18(5-3-17)25(34)33-21-10-12-31-13-11-21/h2-5,7,9,15-16,20-22,31-32H,6,8,10-14H2,1H3,(H,33,34)/t16-,20+,22?/m1/s1. The third-order valence-corrected chi connectivity index (χ3v) is 7.03. The van der Waals surface area contributed by atoms with Gasteiger partial charge in [-0.25, -0.2) is 4.39 Å². The van der Waals surface area contributed by atoms with Crippen LogP contribution in [-0.4, -0.2) is 31.1 Å². The van der Waals surface area contributed by atoms with Gasteiger partial charge in [-0.3, -0.25) is 4.79 Å². The SMILES string of the molecule is C[C@@H](NC1CC[C@H](c2ccc(C(=O)NC3CCNCC3)cc2)C1)c1ccc(F)c(C(F)(F)F)c1. The molecule has 1 saturated carbocycles. The Kier molecular flexibility index (Phi) is 7.57. The average molecular weight is 478 g/mol. The highest BCUT2D eigenvalue weighted by Gasteiger charge is 2.35. The first-order valence-electron chi connectivity index (χ1n) is 11.9. The lowest BCUT2D eigenvalue weighted by atomic mass is 9.96. The number of hydrogen-bond donors (Lipinski definition) is 3. The van der Waals surface area contributed by atoms with E-state index >= 15 is 0 Å². The molecular formula is C26H31F4N3O. The molecule has 1 aliphatic heterocycles. The first kappa shape index (κ1) is 24.7. The Morgan fingerprint density at radius 3 is 2.38 bits per heavy atom. The van der Waals surface area contributed by atoms with E-state index in [1.54, 1.807) is 6.92 Å². The van der Waals surface area contributed by atoms with Crippen LogP contribution in [0, 0.1) is 5.82 Å². The predicted octanol–water partition coefficient (Wildman–Crippen LogP) is 5.31. The summed E-state index contributed by atoms with van der Waals surface area (Å²) in [4.78, 5) is 12.5. The van der Waals surface area contributed by atoms with Crippen molar-refractivity contribution in [3.63, 3.8) is 0 Å². The van der Waals surface area contributed by atoms with Gasteiger partial charge in [-0.1, -0.05) is 18.2 Å². The lowest BCUT2D eigenvalue weighted by Crippen LogP contribution is -2.42. The molecule has 2 aromatic rings. The van der Waals surface area contributed by atoms with Crippen LogP contribution in [0.1, 0.15) is 78.0 Å².